The van der Waals surface area contributed by atoms with E-state index in [0.717, 1.165) is 18.4 Å². The van der Waals surface area contributed by atoms with E-state index in [-0.39, 0.29) is 17.9 Å². The van der Waals surface area contributed by atoms with E-state index >= 15 is 0 Å². The Morgan fingerprint density at radius 3 is 2.89 bits per heavy atom. The molecule has 27 heavy (non-hydrogen) atoms. The third kappa shape index (κ3) is 3.79. The van der Waals surface area contributed by atoms with Gasteiger partial charge in [-0.2, -0.15) is 4.98 Å². The molecule has 0 radical (unpaired) electrons. The molecule has 8 heteroatoms. The zero-order valence-corrected chi connectivity index (χ0v) is 14.5. The Balaban J connectivity index is 1.43. The van der Waals surface area contributed by atoms with Crippen LogP contribution in [-0.2, 0) is 6.54 Å². The highest BCUT2D eigenvalue weighted by molar-refractivity contribution is 5.75. The molecule has 138 valence electrons. The standard InChI is InChI=1S/C19H18FN5O2/c20-14-8-6-13(7-9-14)12-22-19(26)25-11-3-5-16(25)18-23-17(24-27-18)15-4-1-2-10-21-15/h1-2,4,6-10,16H,3,5,11-12H2,(H,22,26)/t16-/m1/s1. The summed E-state index contributed by atoms with van der Waals surface area (Å²) < 4.78 is 18.4. The minimum absolute atomic E-state index is 0.209. The van der Waals surface area contributed by atoms with Crippen LogP contribution in [0.4, 0.5) is 9.18 Å². The molecule has 0 unspecified atom stereocenters. The predicted octanol–water partition coefficient (Wildman–Crippen LogP) is 3.32. The first-order chi connectivity index (χ1) is 13.2. The Morgan fingerprint density at radius 2 is 2.11 bits per heavy atom. The fourth-order valence-electron chi connectivity index (χ4n) is 3.12. The Kier molecular flexibility index (Phi) is 4.78. The molecule has 3 heterocycles. The van der Waals surface area contributed by atoms with E-state index in [1.807, 2.05) is 12.1 Å². The lowest BCUT2D eigenvalue weighted by molar-refractivity contribution is 0.180. The molecule has 1 aromatic carbocycles. The van der Waals surface area contributed by atoms with Gasteiger partial charge in [0.25, 0.3) is 0 Å². The van der Waals surface area contributed by atoms with Gasteiger partial charge in [0.1, 0.15) is 17.6 Å². The lowest BCUT2D eigenvalue weighted by atomic mass is 10.2. The topological polar surface area (TPSA) is 84.2 Å². The van der Waals surface area contributed by atoms with Crippen LogP contribution >= 0.6 is 0 Å². The van der Waals surface area contributed by atoms with Crippen LogP contribution in [0.2, 0.25) is 0 Å². The van der Waals surface area contributed by atoms with Gasteiger partial charge in [0.05, 0.1) is 0 Å². The first-order valence-corrected chi connectivity index (χ1v) is 8.74. The number of urea groups is 1. The van der Waals surface area contributed by atoms with Gasteiger partial charge in [-0.15, -0.1) is 0 Å². The molecule has 2 amide bonds. The second-order valence-electron chi connectivity index (χ2n) is 6.31. The summed E-state index contributed by atoms with van der Waals surface area (Å²) in [7, 11) is 0. The molecule has 1 aliphatic heterocycles. The summed E-state index contributed by atoms with van der Waals surface area (Å²) in [6, 6.07) is 11.0. The highest BCUT2D eigenvalue weighted by atomic mass is 19.1. The van der Waals surface area contributed by atoms with Gasteiger partial charge in [-0.05, 0) is 42.7 Å². The molecule has 0 aliphatic carbocycles. The summed E-state index contributed by atoms with van der Waals surface area (Å²) in [5.41, 5.74) is 1.45. The third-order valence-electron chi connectivity index (χ3n) is 4.49. The first-order valence-electron chi connectivity index (χ1n) is 8.74. The van der Waals surface area contributed by atoms with Crippen molar-refractivity contribution in [2.45, 2.75) is 25.4 Å². The summed E-state index contributed by atoms with van der Waals surface area (Å²) in [6.07, 6.45) is 3.28. The molecular formula is C19H18FN5O2. The maximum Gasteiger partial charge on any atom is 0.318 e. The number of benzene rings is 1. The van der Waals surface area contributed by atoms with Crippen LogP contribution < -0.4 is 5.32 Å². The van der Waals surface area contributed by atoms with Crippen LogP contribution in [0.5, 0.6) is 0 Å². The zero-order valence-electron chi connectivity index (χ0n) is 14.5. The Bertz CT molecular complexity index is 913. The molecule has 1 saturated heterocycles. The van der Waals surface area contributed by atoms with Crippen LogP contribution in [0.25, 0.3) is 11.5 Å². The molecule has 7 nitrogen and oxygen atoms in total. The van der Waals surface area contributed by atoms with Gasteiger partial charge in [0.15, 0.2) is 0 Å². The van der Waals surface area contributed by atoms with Crippen LogP contribution in [0.3, 0.4) is 0 Å². The number of amides is 2. The molecule has 0 spiro atoms. The van der Waals surface area contributed by atoms with Crippen LogP contribution in [0.1, 0.15) is 30.3 Å². The number of carbonyl (C=O) groups is 1. The van der Waals surface area contributed by atoms with Crippen molar-refractivity contribution in [2.24, 2.45) is 0 Å². The smallest absolute Gasteiger partial charge is 0.318 e. The van der Waals surface area contributed by atoms with Gasteiger partial charge >= 0.3 is 6.03 Å². The van der Waals surface area contributed by atoms with Gasteiger partial charge in [-0.3, -0.25) is 4.98 Å². The van der Waals surface area contributed by atoms with Crippen molar-refractivity contribution in [3.8, 4) is 11.5 Å². The second-order valence-corrected chi connectivity index (χ2v) is 6.31. The number of nitrogens with one attached hydrogen (secondary N) is 1. The van der Waals surface area contributed by atoms with E-state index in [4.69, 9.17) is 4.52 Å². The number of halogens is 1. The monoisotopic (exact) mass is 367 g/mol. The molecular weight excluding hydrogens is 349 g/mol. The van der Waals surface area contributed by atoms with Gasteiger partial charge in [0.2, 0.25) is 11.7 Å². The molecule has 2 aromatic heterocycles. The minimum Gasteiger partial charge on any atom is -0.337 e. The number of rotatable bonds is 4. The van der Waals surface area contributed by atoms with E-state index in [9.17, 15) is 9.18 Å². The zero-order chi connectivity index (χ0) is 18.6. The summed E-state index contributed by atoms with van der Waals surface area (Å²) in [5.74, 6) is 0.513. The average molecular weight is 367 g/mol. The number of pyridine rings is 1. The third-order valence-corrected chi connectivity index (χ3v) is 4.49. The molecule has 1 aliphatic rings. The maximum absolute atomic E-state index is 13.0. The number of likely N-dealkylation sites (tertiary alicyclic amines) is 1. The number of aromatic nitrogens is 3. The van der Waals surface area contributed by atoms with Crippen molar-refractivity contribution in [1.29, 1.82) is 0 Å². The molecule has 4 rings (SSSR count). The Hall–Kier alpha value is -3.29. The maximum atomic E-state index is 13.0. The molecule has 1 fully saturated rings. The van der Waals surface area contributed by atoms with E-state index in [0.29, 0.717) is 30.5 Å². The SMILES string of the molecule is O=C(NCc1ccc(F)cc1)N1CCC[C@@H]1c1nc(-c2ccccn2)no1. The molecule has 3 aromatic rings. The van der Waals surface area contributed by atoms with Crippen molar-refractivity contribution in [2.75, 3.05) is 6.54 Å². The van der Waals surface area contributed by atoms with Gasteiger partial charge in [-0.1, -0.05) is 23.4 Å². The second kappa shape index (κ2) is 7.53. The van der Waals surface area contributed by atoms with E-state index < -0.39 is 0 Å². The van der Waals surface area contributed by atoms with Crippen molar-refractivity contribution >= 4 is 6.03 Å². The summed E-state index contributed by atoms with van der Waals surface area (Å²) >= 11 is 0. The number of nitrogens with zero attached hydrogens (tertiary/aromatic N) is 4. The summed E-state index contributed by atoms with van der Waals surface area (Å²) in [5, 5.41) is 6.85. The Morgan fingerprint density at radius 1 is 1.26 bits per heavy atom. The highest BCUT2D eigenvalue weighted by Crippen LogP contribution is 2.31. The van der Waals surface area contributed by atoms with Crippen LogP contribution in [0, 0.1) is 5.82 Å². The van der Waals surface area contributed by atoms with Crippen LogP contribution in [0.15, 0.2) is 53.2 Å². The average Bonchev–Trinajstić information content (AvgIpc) is 3.37. The lowest BCUT2D eigenvalue weighted by Gasteiger charge is -2.22. The number of hydrogen-bond donors (Lipinski definition) is 1. The fraction of sp³-hybridized carbons (Fsp3) is 0.263. The lowest BCUT2D eigenvalue weighted by Crippen LogP contribution is -2.39. The van der Waals surface area contributed by atoms with Crippen molar-refractivity contribution in [3.05, 3.63) is 65.9 Å². The molecule has 1 N–H and O–H groups in total. The van der Waals surface area contributed by atoms with Gasteiger partial charge < -0.3 is 14.7 Å². The van der Waals surface area contributed by atoms with Crippen molar-refractivity contribution in [3.63, 3.8) is 0 Å². The van der Waals surface area contributed by atoms with E-state index in [2.05, 4.69) is 20.4 Å². The highest BCUT2D eigenvalue weighted by Gasteiger charge is 2.34. The Labute approximate surface area is 155 Å². The molecule has 1 atom stereocenters. The molecule has 0 saturated carbocycles. The largest absolute Gasteiger partial charge is 0.337 e. The van der Waals surface area contributed by atoms with E-state index in [1.165, 1.54) is 12.1 Å². The summed E-state index contributed by atoms with van der Waals surface area (Å²) in [6.45, 7) is 0.937. The number of hydrogen-bond acceptors (Lipinski definition) is 5. The van der Waals surface area contributed by atoms with Crippen molar-refractivity contribution in [1.82, 2.24) is 25.3 Å². The summed E-state index contributed by atoms with van der Waals surface area (Å²) in [4.78, 5) is 22.9. The quantitative estimate of drug-likeness (QED) is 0.765. The molecule has 0 bridgehead atoms. The predicted molar refractivity (Wildman–Crippen MR) is 94.8 cm³/mol. The normalized spacial score (nSPS) is 16.5. The van der Waals surface area contributed by atoms with Crippen molar-refractivity contribution < 1.29 is 13.7 Å². The fourth-order valence-corrected chi connectivity index (χ4v) is 3.12. The van der Waals surface area contributed by atoms with Gasteiger partial charge in [0, 0.05) is 19.3 Å². The van der Waals surface area contributed by atoms with Crippen LogP contribution in [-0.4, -0.2) is 32.6 Å². The first kappa shape index (κ1) is 17.1. The van der Waals surface area contributed by atoms with Gasteiger partial charge in [-0.25, -0.2) is 9.18 Å². The number of carbonyl (C=O) groups excluding carboxylic acids is 1. The van der Waals surface area contributed by atoms with E-state index in [1.54, 1.807) is 29.3 Å². The minimum atomic E-state index is -0.301.